The van der Waals surface area contributed by atoms with Crippen LogP contribution in [-0.4, -0.2) is 6.67 Å². The molecule has 1 heterocycles. The van der Waals surface area contributed by atoms with Gasteiger partial charge in [0.25, 0.3) is 0 Å². The number of halogens is 1. The fourth-order valence-electron chi connectivity index (χ4n) is 0.913. The van der Waals surface area contributed by atoms with Gasteiger partial charge in [0.2, 0.25) is 0 Å². The van der Waals surface area contributed by atoms with E-state index in [0.717, 1.165) is 4.88 Å². The highest BCUT2D eigenvalue weighted by atomic mass is 32.1. The summed E-state index contributed by atoms with van der Waals surface area (Å²) in [7, 11) is 0. The van der Waals surface area contributed by atoms with E-state index in [1.807, 2.05) is 19.1 Å². The molecule has 0 spiro atoms. The predicted molar refractivity (Wildman–Crippen MR) is 46.6 cm³/mol. The van der Waals surface area contributed by atoms with Crippen molar-refractivity contribution in [2.45, 2.75) is 19.4 Å². The molecule has 1 atom stereocenters. The average molecular weight is 173 g/mol. The van der Waals surface area contributed by atoms with Gasteiger partial charge in [-0.3, -0.25) is 4.39 Å². The van der Waals surface area contributed by atoms with Crippen molar-refractivity contribution in [1.82, 2.24) is 0 Å². The SMILES string of the molecule is Cc1ccc([C@@H](N)CCF)s1. The number of alkyl halides is 1. The van der Waals surface area contributed by atoms with Crippen LogP contribution in [0.2, 0.25) is 0 Å². The maximum absolute atomic E-state index is 11.9. The Morgan fingerprint density at radius 1 is 1.64 bits per heavy atom. The molecule has 0 saturated carbocycles. The predicted octanol–water partition coefficient (Wildman–Crippen LogP) is 2.42. The maximum atomic E-state index is 11.9. The van der Waals surface area contributed by atoms with Crippen LogP contribution >= 0.6 is 11.3 Å². The Hall–Kier alpha value is -0.410. The molecule has 1 aromatic heterocycles. The highest BCUT2D eigenvalue weighted by Crippen LogP contribution is 2.22. The van der Waals surface area contributed by atoms with E-state index in [2.05, 4.69) is 0 Å². The first kappa shape index (κ1) is 8.68. The normalized spacial score (nSPS) is 13.4. The zero-order valence-electron chi connectivity index (χ0n) is 6.51. The highest BCUT2D eigenvalue weighted by molar-refractivity contribution is 7.12. The van der Waals surface area contributed by atoms with Crippen LogP contribution in [-0.2, 0) is 0 Å². The van der Waals surface area contributed by atoms with Gasteiger partial charge in [0.05, 0.1) is 6.67 Å². The van der Waals surface area contributed by atoms with Crippen LogP contribution < -0.4 is 5.73 Å². The molecule has 0 aliphatic heterocycles. The third kappa shape index (κ3) is 2.27. The minimum Gasteiger partial charge on any atom is -0.323 e. The van der Waals surface area contributed by atoms with E-state index < -0.39 is 0 Å². The molecule has 0 aliphatic carbocycles. The summed E-state index contributed by atoms with van der Waals surface area (Å²) in [6.45, 7) is 1.69. The zero-order chi connectivity index (χ0) is 8.27. The summed E-state index contributed by atoms with van der Waals surface area (Å²) in [5, 5.41) is 0. The van der Waals surface area contributed by atoms with Crippen molar-refractivity contribution in [3.63, 3.8) is 0 Å². The molecule has 0 saturated heterocycles. The topological polar surface area (TPSA) is 26.0 Å². The Balaban J connectivity index is 2.60. The molecule has 2 N–H and O–H groups in total. The first-order chi connectivity index (χ1) is 5.24. The first-order valence-corrected chi connectivity index (χ1v) is 4.43. The molecule has 1 rings (SSSR count). The Bertz CT molecular complexity index is 222. The van der Waals surface area contributed by atoms with E-state index in [0.29, 0.717) is 6.42 Å². The number of hydrogen-bond acceptors (Lipinski definition) is 2. The molecule has 1 nitrogen and oxygen atoms in total. The molecule has 0 aliphatic rings. The Labute approximate surface area is 70.0 Å². The minimum absolute atomic E-state index is 0.112. The summed E-state index contributed by atoms with van der Waals surface area (Å²) >= 11 is 1.64. The summed E-state index contributed by atoms with van der Waals surface area (Å²) in [5.41, 5.74) is 5.69. The second-order valence-corrected chi connectivity index (χ2v) is 3.85. The third-order valence-corrected chi connectivity index (χ3v) is 2.68. The van der Waals surface area contributed by atoms with Gasteiger partial charge >= 0.3 is 0 Å². The van der Waals surface area contributed by atoms with E-state index in [9.17, 15) is 4.39 Å². The highest BCUT2D eigenvalue weighted by Gasteiger charge is 2.06. The van der Waals surface area contributed by atoms with Crippen molar-refractivity contribution >= 4 is 11.3 Å². The van der Waals surface area contributed by atoms with Crippen LogP contribution in [0.3, 0.4) is 0 Å². The molecule has 11 heavy (non-hydrogen) atoms. The van der Waals surface area contributed by atoms with Crippen molar-refractivity contribution < 1.29 is 4.39 Å². The van der Waals surface area contributed by atoms with Gasteiger partial charge < -0.3 is 5.73 Å². The summed E-state index contributed by atoms with van der Waals surface area (Å²) in [6, 6.07) is 3.87. The number of hydrogen-bond donors (Lipinski definition) is 1. The molecule has 0 aromatic carbocycles. The Morgan fingerprint density at radius 2 is 2.36 bits per heavy atom. The smallest absolute Gasteiger partial charge is 0.0912 e. The van der Waals surface area contributed by atoms with Crippen molar-refractivity contribution in [2.75, 3.05) is 6.67 Å². The van der Waals surface area contributed by atoms with E-state index >= 15 is 0 Å². The molecule has 0 unspecified atom stereocenters. The summed E-state index contributed by atoms with van der Waals surface area (Å²) < 4.78 is 11.9. The van der Waals surface area contributed by atoms with E-state index in [1.54, 1.807) is 11.3 Å². The zero-order valence-corrected chi connectivity index (χ0v) is 7.33. The molecule has 0 radical (unpaired) electrons. The minimum atomic E-state index is -0.335. The van der Waals surface area contributed by atoms with Gasteiger partial charge in [0.15, 0.2) is 0 Å². The van der Waals surface area contributed by atoms with Crippen LogP contribution in [0.5, 0.6) is 0 Å². The third-order valence-electron chi connectivity index (χ3n) is 1.55. The van der Waals surface area contributed by atoms with E-state index in [1.165, 1.54) is 4.88 Å². The summed E-state index contributed by atoms with van der Waals surface area (Å²) in [4.78, 5) is 2.31. The van der Waals surface area contributed by atoms with Gasteiger partial charge in [-0.2, -0.15) is 0 Å². The Kier molecular flexibility index (Phi) is 3.02. The van der Waals surface area contributed by atoms with Gasteiger partial charge in [-0.05, 0) is 25.5 Å². The molecule has 3 heteroatoms. The lowest BCUT2D eigenvalue weighted by molar-refractivity contribution is 0.444. The fraction of sp³-hybridized carbons (Fsp3) is 0.500. The largest absolute Gasteiger partial charge is 0.323 e. The lowest BCUT2D eigenvalue weighted by Crippen LogP contribution is -2.08. The van der Waals surface area contributed by atoms with Gasteiger partial charge in [-0.15, -0.1) is 11.3 Å². The van der Waals surface area contributed by atoms with Crippen LogP contribution in [0, 0.1) is 6.92 Å². The molecule has 0 amide bonds. The molecule has 0 bridgehead atoms. The van der Waals surface area contributed by atoms with Crippen LogP contribution in [0.15, 0.2) is 12.1 Å². The van der Waals surface area contributed by atoms with E-state index in [4.69, 9.17) is 5.73 Å². The lowest BCUT2D eigenvalue weighted by Gasteiger charge is -2.04. The van der Waals surface area contributed by atoms with Crippen LogP contribution in [0.1, 0.15) is 22.2 Å². The second-order valence-electron chi connectivity index (χ2n) is 2.53. The van der Waals surface area contributed by atoms with Crippen molar-refractivity contribution in [2.24, 2.45) is 5.73 Å². The van der Waals surface area contributed by atoms with Gasteiger partial charge in [-0.1, -0.05) is 0 Å². The summed E-state index contributed by atoms with van der Waals surface area (Å²) in [6.07, 6.45) is 0.431. The number of rotatable bonds is 3. The number of thiophene rings is 1. The number of nitrogens with two attached hydrogens (primary N) is 1. The van der Waals surface area contributed by atoms with Crippen molar-refractivity contribution in [3.8, 4) is 0 Å². The lowest BCUT2D eigenvalue weighted by atomic mass is 10.2. The summed E-state index contributed by atoms with van der Waals surface area (Å²) in [5.74, 6) is 0. The van der Waals surface area contributed by atoms with Crippen LogP contribution in [0.25, 0.3) is 0 Å². The van der Waals surface area contributed by atoms with Crippen LogP contribution in [0.4, 0.5) is 4.39 Å². The van der Waals surface area contributed by atoms with Gasteiger partial charge in [0.1, 0.15) is 0 Å². The molecule has 0 fully saturated rings. The monoisotopic (exact) mass is 173 g/mol. The van der Waals surface area contributed by atoms with Crippen molar-refractivity contribution in [1.29, 1.82) is 0 Å². The van der Waals surface area contributed by atoms with E-state index in [-0.39, 0.29) is 12.7 Å². The van der Waals surface area contributed by atoms with Gasteiger partial charge in [-0.25, -0.2) is 0 Å². The van der Waals surface area contributed by atoms with Gasteiger partial charge in [0, 0.05) is 15.8 Å². The quantitative estimate of drug-likeness (QED) is 0.746. The fourth-order valence-corrected chi connectivity index (χ4v) is 1.83. The molecular weight excluding hydrogens is 161 g/mol. The Morgan fingerprint density at radius 3 is 2.82 bits per heavy atom. The maximum Gasteiger partial charge on any atom is 0.0912 e. The number of aryl methyl sites for hydroxylation is 1. The standard InChI is InChI=1S/C8H12FNS/c1-6-2-3-8(11-6)7(10)4-5-9/h2-3,7H,4-5,10H2,1H3/t7-/m0/s1. The van der Waals surface area contributed by atoms with Crippen molar-refractivity contribution in [3.05, 3.63) is 21.9 Å². The first-order valence-electron chi connectivity index (χ1n) is 3.62. The average Bonchev–Trinajstić information content (AvgIpc) is 2.36. The molecule has 62 valence electrons. The molecular formula is C8H12FNS. The second kappa shape index (κ2) is 3.83. The molecule has 1 aromatic rings.